The van der Waals surface area contributed by atoms with E-state index in [1.807, 2.05) is 13.8 Å². The van der Waals surface area contributed by atoms with Crippen LogP contribution in [0.15, 0.2) is 17.0 Å². The zero-order valence-corrected chi connectivity index (χ0v) is 13.3. The summed E-state index contributed by atoms with van der Waals surface area (Å²) in [6, 6.07) is 2.99. The molecule has 0 aromatic heterocycles. The number of carbonyl (C=O) groups is 1. The van der Waals surface area contributed by atoms with Crippen LogP contribution in [0.3, 0.4) is 0 Å². The number of carboxylic acids is 1. The van der Waals surface area contributed by atoms with Gasteiger partial charge in [0.05, 0.1) is 17.5 Å². The molecule has 0 bridgehead atoms. The van der Waals surface area contributed by atoms with E-state index in [0.717, 1.165) is 6.26 Å². The lowest BCUT2D eigenvalue weighted by Gasteiger charge is -2.11. The number of hydrogen-bond acceptors (Lipinski definition) is 4. The van der Waals surface area contributed by atoms with Gasteiger partial charge in [0.15, 0.2) is 0 Å². The van der Waals surface area contributed by atoms with Crippen molar-refractivity contribution in [1.82, 2.24) is 0 Å². The van der Waals surface area contributed by atoms with Gasteiger partial charge in [-0.3, -0.25) is 4.72 Å². The lowest BCUT2D eigenvalue weighted by atomic mass is 10.1. The first-order valence-electron chi connectivity index (χ1n) is 5.64. The zero-order chi connectivity index (χ0) is 15.2. The largest absolute Gasteiger partial charge is 0.478 e. The van der Waals surface area contributed by atoms with Crippen LogP contribution in [0.4, 0.5) is 5.69 Å². The van der Waals surface area contributed by atoms with Gasteiger partial charge in [0.2, 0.25) is 10.0 Å². The number of rotatable bonds is 4. The molecule has 5 nitrogen and oxygen atoms in total. The highest BCUT2D eigenvalue weighted by atomic mass is 32.2. The Morgan fingerprint density at radius 2 is 1.84 bits per heavy atom. The van der Waals surface area contributed by atoms with Gasteiger partial charge in [-0.25, -0.2) is 13.2 Å². The first kappa shape index (κ1) is 17.8. The van der Waals surface area contributed by atoms with E-state index in [9.17, 15) is 13.2 Å². The standard InChI is InChI=1S/C10H13NO4S2.C2H6/c1-6-4-7(10(12)13)9(16-2)5-8(6)11-17(3,14)15;1-2/h4-5,11H,1-3H3,(H,12,13);1-2H3. The summed E-state index contributed by atoms with van der Waals surface area (Å²) in [4.78, 5) is 11.5. The molecule has 108 valence electrons. The molecule has 0 heterocycles. The Morgan fingerprint density at radius 3 is 2.21 bits per heavy atom. The summed E-state index contributed by atoms with van der Waals surface area (Å²) in [7, 11) is -3.36. The molecule has 19 heavy (non-hydrogen) atoms. The Balaban J connectivity index is 0.00000154. The molecular weight excluding hydrogens is 286 g/mol. The number of carboxylic acid groups (broad SMARTS) is 1. The van der Waals surface area contributed by atoms with Crippen LogP contribution in [0.2, 0.25) is 0 Å². The van der Waals surface area contributed by atoms with E-state index in [2.05, 4.69) is 4.72 Å². The van der Waals surface area contributed by atoms with Crippen molar-refractivity contribution in [2.24, 2.45) is 0 Å². The second-order valence-electron chi connectivity index (χ2n) is 3.55. The van der Waals surface area contributed by atoms with E-state index in [1.165, 1.54) is 23.9 Å². The number of anilines is 1. The minimum atomic E-state index is -3.36. The van der Waals surface area contributed by atoms with Gasteiger partial charge in [-0.2, -0.15) is 0 Å². The number of hydrogen-bond donors (Lipinski definition) is 2. The maximum absolute atomic E-state index is 11.1. The lowest BCUT2D eigenvalue weighted by molar-refractivity contribution is 0.0693. The molecule has 0 amide bonds. The first-order chi connectivity index (χ1) is 8.74. The van der Waals surface area contributed by atoms with Crippen molar-refractivity contribution in [3.8, 4) is 0 Å². The summed E-state index contributed by atoms with van der Waals surface area (Å²) in [5, 5.41) is 8.99. The van der Waals surface area contributed by atoms with Gasteiger partial charge in [-0.15, -0.1) is 11.8 Å². The number of thioether (sulfide) groups is 1. The number of benzene rings is 1. The Labute approximate surface area is 118 Å². The van der Waals surface area contributed by atoms with Crippen LogP contribution in [0.25, 0.3) is 0 Å². The fourth-order valence-electron chi connectivity index (χ4n) is 1.33. The van der Waals surface area contributed by atoms with E-state index in [1.54, 1.807) is 13.2 Å². The van der Waals surface area contributed by atoms with Crippen molar-refractivity contribution in [3.05, 3.63) is 23.3 Å². The van der Waals surface area contributed by atoms with Crippen LogP contribution in [-0.2, 0) is 10.0 Å². The summed E-state index contributed by atoms with van der Waals surface area (Å²) < 4.78 is 24.6. The Kier molecular flexibility index (Phi) is 6.93. The normalized spacial score (nSPS) is 10.4. The molecule has 7 heteroatoms. The van der Waals surface area contributed by atoms with Gasteiger partial charge in [0.1, 0.15) is 0 Å². The quantitative estimate of drug-likeness (QED) is 0.836. The smallest absolute Gasteiger partial charge is 0.336 e. The highest BCUT2D eigenvalue weighted by Gasteiger charge is 2.14. The molecule has 1 rings (SSSR count). The Hall–Kier alpha value is -1.21. The highest BCUT2D eigenvalue weighted by molar-refractivity contribution is 7.98. The zero-order valence-electron chi connectivity index (χ0n) is 11.6. The Bertz CT molecular complexity index is 553. The van der Waals surface area contributed by atoms with Gasteiger partial charge >= 0.3 is 5.97 Å². The summed E-state index contributed by atoms with van der Waals surface area (Å²) in [6.45, 7) is 5.66. The van der Waals surface area contributed by atoms with E-state index in [-0.39, 0.29) is 5.56 Å². The molecule has 0 aliphatic heterocycles. The summed E-state index contributed by atoms with van der Waals surface area (Å²) >= 11 is 1.26. The van der Waals surface area contributed by atoms with E-state index >= 15 is 0 Å². The van der Waals surface area contributed by atoms with Gasteiger partial charge < -0.3 is 5.11 Å². The third-order valence-corrected chi connectivity index (χ3v) is 3.44. The molecule has 0 unspecified atom stereocenters. The fourth-order valence-corrected chi connectivity index (χ4v) is 2.56. The number of sulfonamides is 1. The molecule has 0 aliphatic carbocycles. The van der Waals surface area contributed by atoms with Crippen molar-refractivity contribution >= 4 is 33.4 Å². The molecule has 0 aliphatic rings. The lowest BCUT2D eigenvalue weighted by Crippen LogP contribution is -2.11. The first-order valence-corrected chi connectivity index (χ1v) is 8.76. The third kappa shape index (κ3) is 5.52. The molecule has 1 aromatic rings. The van der Waals surface area contributed by atoms with Gasteiger partial charge in [0.25, 0.3) is 0 Å². The molecule has 1 aromatic carbocycles. The minimum absolute atomic E-state index is 0.175. The second-order valence-corrected chi connectivity index (χ2v) is 6.14. The van der Waals surface area contributed by atoms with Crippen molar-refractivity contribution in [2.45, 2.75) is 25.7 Å². The molecular formula is C12H19NO4S2. The van der Waals surface area contributed by atoms with Crippen molar-refractivity contribution in [3.63, 3.8) is 0 Å². The second kappa shape index (κ2) is 7.40. The van der Waals surface area contributed by atoms with Crippen LogP contribution < -0.4 is 4.72 Å². The molecule has 2 N–H and O–H groups in total. The van der Waals surface area contributed by atoms with Gasteiger partial charge in [-0.1, -0.05) is 13.8 Å². The predicted octanol–water partition coefficient (Wildman–Crippen LogP) is 2.81. The molecule has 0 radical (unpaired) electrons. The SMILES string of the molecule is CC.CSc1cc(NS(C)(=O)=O)c(C)cc1C(=O)O. The molecule has 0 atom stereocenters. The topological polar surface area (TPSA) is 83.5 Å². The van der Waals surface area contributed by atoms with E-state index < -0.39 is 16.0 Å². The predicted molar refractivity (Wildman–Crippen MR) is 79.7 cm³/mol. The molecule has 0 fully saturated rings. The van der Waals surface area contributed by atoms with Crippen LogP contribution >= 0.6 is 11.8 Å². The van der Waals surface area contributed by atoms with Crippen molar-refractivity contribution < 1.29 is 18.3 Å². The number of nitrogens with one attached hydrogen (secondary N) is 1. The van der Waals surface area contributed by atoms with Gasteiger partial charge in [0, 0.05) is 4.90 Å². The third-order valence-electron chi connectivity index (χ3n) is 2.07. The summed E-state index contributed by atoms with van der Waals surface area (Å²) in [6.07, 6.45) is 2.79. The van der Waals surface area contributed by atoms with Crippen LogP contribution in [0.5, 0.6) is 0 Å². The van der Waals surface area contributed by atoms with Crippen LogP contribution in [-0.4, -0.2) is 32.0 Å². The van der Waals surface area contributed by atoms with E-state index in [4.69, 9.17) is 5.11 Å². The Morgan fingerprint density at radius 1 is 1.32 bits per heavy atom. The van der Waals surface area contributed by atoms with Crippen LogP contribution in [0.1, 0.15) is 29.8 Å². The van der Waals surface area contributed by atoms with Crippen molar-refractivity contribution in [2.75, 3.05) is 17.2 Å². The van der Waals surface area contributed by atoms with Gasteiger partial charge in [-0.05, 0) is 30.9 Å². The van der Waals surface area contributed by atoms with E-state index in [0.29, 0.717) is 16.1 Å². The molecule has 0 spiro atoms. The molecule has 0 saturated heterocycles. The fraction of sp³-hybridized carbons (Fsp3) is 0.417. The number of aryl methyl sites for hydroxylation is 1. The maximum Gasteiger partial charge on any atom is 0.336 e. The summed E-state index contributed by atoms with van der Waals surface area (Å²) in [5.74, 6) is -1.02. The number of aromatic carboxylic acids is 1. The average Bonchev–Trinajstić information content (AvgIpc) is 2.32. The molecule has 0 saturated carbocycles. The monoisotopic (exact) mass is 305 g/mol. The average molecular weight is 305 g/mol. The highest BCUT2D eigenvalue weighted by Crippen LogP contribution is 2.28. The van der Waals surface area contributed by atoms with Crippen LogP contribution in [0, 0.1) is 6.92 Å². The maximum atomic E-state index is 11.1. The van der Waals surface area contributed by atoms with Crippen molar-refractivity contribution in [1.29, 1.82) is 0 Å². The minimum Gasteiger partial charge on any atom is -0.478 e. The summed E-state index contributed by atoms with van der Waals surface area (Å²) in [5.41, 5.74) is 1.15.